The fourth-order valence-electron chi connectivity index (χ4n) is 7.20. The SMILES string of the molecule is CCC1CC(=O)[C@@]2(C)CC[C@@H]3[C@@H](CCC4=C(N)C(=O)CC[C@@]43C)[C@H]12. The van der Waals surface area contributed by atoms with Crippen LogP contribution < -0.4 is 5.73 Å². The predicted molar refractivity (Wildman–Crippen MR) is 94.0 cm³/mol. The van der Waals surface area contributed by atoms with Gasteiger partial charge in [0.1, 0.15) is 5.78 Å². The maximum atomic E-state index is 12.8. The first kappa shape index (κ1) is 16.4. The third kappa shape index (κ3) is 1.90. The van der Waals surface area contributed by atoms with Gasteiger partial charge in [-0.3, -0.25) is 9.59 Å². The zero-order valence-electron chi connectivity index (χ0n) is 15.4. The minimum Gasteiger partial charge on any atom is -0.396 e. The van der Waals surface area contributed by atoms with Crippen LogP contribution in [0.15, 0.2) is 11.3 Å². The summed E-state index contributed by atoms with van der Waals surface area (Å²) < 4.78 is 0. The molecule has 0 aromatic carbocycles. The highest BCUT2D eigenvalue weighted by Crippen LogP contribution is 2.66. The monoisotopic (exact) mass is 329 g/mol. The zero-order chi connectivity index (χ0) is 17.3. The van der Waals surface area contributed by atoms with E-state index in [4.69, 9.17) is 5.73 Å². The number of hydrogen-bond donors (Lipinski definition) is 1. The lowest BCUT2D eigenvalue weighted by molar-refractivity contribution is -0.133. The molecular weight excluding hydrogens is 298 g/mol. The van der Waals surface area contributed by atoms with Crippen LogP contribution in [-0.2, 0) is 9.59 Å². The molecule has 6 atom stereocenters. The Balaban J connectivity index is 1.75. The molecule has 132 valence electrons. The first-order valence-electron chi connectivity index (χ1n) is 9.88. The van der Waals surface area contributed by atoms with Gasteiger partial charge in [0.15, 0.2) is 5.78 Å². The Morgan fingerprint density at radius 1 is 1.08 bits per heavy atom. The quantitative estimate of drug-likeness (QED) is 0.790. The summed E-state index contributed by atoms with van der Waals surface area (Å²) in [5.41, 5.74) is 8.05. The van der Waals surface area contributed by atoms with Gasteiger partial charge in [0.2, 0.25) is 0 Å². The van der Waals surface area contributed by atoms with Gasteiger partial charge in [0.05, 0.1) is 5.70 Å². The Bertz CT molecular complexity index is 636. The first-order chi connectivity index (χ1) is 11.3. The van der Waals surface area contributed by atoms with Gasteiger partial charge < -0.3 is 5.73 Å². The van der Waals surface area contributed by atoms with Crippen LogP contribution in [0, 0.1) is 34.5 Å². The van der Waals surface area contributed by atoms with E-state index in [-0.39, 0.29) is 16.6 Å². The summed E-state index contributed by atoms with van der Waals surface area (Å²) >= 11 is 0. The Labute approximate surface area is 145 Å². The van der Waals surface area contributed by atoms with Crippen molar-refractivity contribution in [3.05, 3.63) is 11.3 Å². The fraction of sp³-hybridized carbons (Fsp3) is 0.810. The van der Waals surface area contributed by atoms with Gasteiger partial charge >= 0.3 is 0 Å². The lowest BCUT2D eigenvalue weighted by Crippen LogP contribution is -2.52. The summed E-state index contributed by atoms with van der Waals surface area (Å²) in [6.07, 6.45) is 7.72. The molecule has 0 saturated heterocycles. The third-order valence-electron chi connectivity index (χ3n) is 8.54. The summed E-state index contributed by atoms with van der Waals surface area (Å²) in [7, 11) is 0. The van der Waals surface area contributed by atoms with Crippen LogP contribution in [0.1, 0.15) is 72.1 Å². The second-order valence-corrected chi connectivity index (χ2v) is 9.32. The first-order valence-corrected chi connectivity index (χ1v) is 9.88. The topological polar surface area (TPSA) is 60.2 Å². The van der Waals surface area contributed by atoms with Crippen molar-refractivity contribution < 1.29 is 9.59 Å². The Morgan fingerprint density at radius 2 is 1.83 bits per heavy atom. The van der Waals surface area contributed by atoms with E-state index in [0.717, 1.165) is 44.9 Å². The van der Waals surface area contributed by atoms with Gasteiger partial charge in [-0.25, -0.2) is 0 Å². The molecular formula is C21H31NO2. The average Bonchev–Trinajstić information content (AvgIpc) is 2.82. The summed E-state index contributed by atoms with van der Waals surface area (Å²) in [4.78, 5) is 24.9. The van der Waals surface area contributed by atoms with Crippen LogP contribution in [0.5, 0.6) is 0 Å². The molecule has 3 saturated carbocycles. The number of carbonyl (C=O) groups is 2. The molecule has 3 nitrogen and oxygen atoms in total. The second-order valence-electron chi connectivity index (χ2n) is 9.32. The highest BCUT2D eigenvalue weighted by molar-refractivity contribution is 5.96. The van der Waals surface area contributed by atoms with Crippen LogP contribution >= 0.6 is 0 Å². The number of hydrogen-bond acceptors (Lipinski definition) is 3. The average molecular weight is 329 g/mol. The molecule has 0 radical (unpaired) electrons. The van der Waals surface area contributed by atoms with E-state index in [2.05, 4.69) is 20.8 Å². The molecule has 0 aromatic heterocycles. The van der Waals surface area contributed by atoms with Crippen molar-refractivity contribution in [3.63, 3.8) is 0 Å². The summed E-state index contributed by atoms with van der Waals surface area (Å²) in [5.74, 6) is 3.02. The van der Waals surface area contributed by atoms with Crippen LogP contribution in [-0.4, -0.2) is 11.6 Å². The Morgan fingerprint density at radius 3 is 2.54 bits per heavy atom. The van der Waals surface area contributed by atoms with E-state index < -0.39 is 0 Å². The van der Waals surface area contributed by atoms with Gasteiger partial charge in [-0.2, -0.15) is 0 Å². The second kappa shape index (κ2) is 5.19. The lowest BCUT2D eigenvalue weighted by atomic mass is 9.46. The molecule has 1 unspecified atom stereocenters. The molecule has 4 rings (SSSR count). The fourth-order valence-corrected chi connectivity index (χ4v) is 7.20. The van der Waals surface area contributed by atoms with Gasteiger partial charge in [-0.1, -0.05) is 27.2 Å². The van der Waals surface area contributed by atoms with E-state index in [1.165, 1.54) is 5.57 Å². The number of ketones is 2. The summed E-state index contributed by atoms with van der Waals surface area (Å²) in [5, 5.41) is 0. The molecule has 24 heavy (non-hydrogen) atoms. The van der Waals surface area contributed by atoms with E-state index >= 15 is 0 Å². The molecule has 0 spiro atoms. The van der Waals surface area contributed by atoms with E-state index in [9.17, 15) is 9.59 Å². The van der Waals surface area contributed by atoms with Crippen LogP contribution in [0.2, 0.25) is 0 Å². The van der Waals surface area contributed by atoms with Crippen LogP contribution in [0.25, 0.3) is 0 Å². The normalized spacial score (nSPS) is 48.1. The maximum absolute atomic E-state index is 12.8. The molecule has 0 heterocycles. The Kier molecular flexibility index (Phi) is 3.54. The van der Waals surface area contributed by atoms with Crippen LogP contribution in [0.4, 0.5) is 0 Å². The van der Waals surface area contributed by atoms with Crippen molar-refractivity contribution in [2.75, 3.05) is 0 Å². The van der Waals surface area contributed by atoms with Crippen molar-refractivity contribution in [1.82, 2.24) is 0 Å². The highest BCUT2D eigenvalue weighted by atomic mass is 16.1. The standard InChI is InChI=1S/C21H31NO2/c1-4-12-11-17(24)21(3)9-7-14-13(18(12)21)5-6-15-19(22)16(23)8-10-20(14,15)2/h12-14,18H,4-11,22H2,1-3H3/t12?,13-,14-,18+,20-,21-/m1/s1. The van der Waals surface area contributed by atoms with Gasteiger partial charge in [0.25, 0.3) is 0 Å². The van der Waals surface area contributed by atoms with Crippen molar-refractivity contribution in [2.45, 2.75) is 72.1 Å². The summed E-state index contributed by atoms with van der Waals surface area (Å²) in [6.45, 7) is 6.86. The molecule has 0 bridgehead atoms. The molecule has 0 aromatic rings. The highest BCUT2D eigenvalue weighted by Gasteiger charge is 2.61. The number of allylic oxidation sites excluding steroid dienone is 1. The van der Waals surface area contributed by atoms with Crippen molar-refractivity contribution in [1.29, 1.82) is 0 Å². The number of carbonyl (C=O) groups excluding carboxylic acids is 2. The number of Topliss-reactive ketones (excluding diaryl/α,β-unsaturated/α-hetero) is 2. The van der Waals surface area contributed by atoms with Gasteiger partial charge in [-0.05, 0) is 66.8 Å². The van der Waals surface area contributed by atoms with E-state index in [1.807, 2.05) is 0 Å². The largest absolute Gasteiger partial charge is 0.396 e. The van der Waals surface area contributed by atoms with E-state index in [0.29, 0.717) is 41.6 Å². The smallest absolute Gasteiger partial charge is 0.178 e. The lowest BCUT2D eigenvalue weighted by Gasteiger charge is -2.58. The minimum atomic E-state index is -0.0878. The minimum absolute atomic E-state index is 0.0878. The molecule has 2 N–H and O–H groups in total. The molecule has 0 amide bonds. The molecule has 4 aliphatic carbocycles. The van der Waals surface area contributed by atoms with Crippen molar-refractivity contribution in [3.8, 4) is 0 Å². The van der Waals surface area contributed by atoms with Crippen LogP contribution in [0.3, 0.4) is 0 Å². The van der Waals surface area contributed by atoms with Gasteiger partial charge in [0, 0.05) is 18.3 Å². The van der Waals surface area contributed by atoms with Crippen molar-refractivity contribution in [2.24, 2.45) is 40.2 Å². The third-order valence-corrected chi connectivity index (χ3v) is 8.54. The zero-order valence-corrected chi connectivity index (χ0v) is 15.4. The predicted octanol–water partition coefficient (Wildman–Crippen LogP) is 4.01. The molecule has 4 aliphatic rings. The molecule has 3 heteroatoms. The van der Waals surface area contributed by atoms with Crippen molar-refractivity contribution >= 4 is 11.6 Å². The summed E-state index contributed by atoms with van der Waals surface area (Å²) in [6, 6.07) is 0. The van der Waals surface area contributed by atoms with Gasteiger partial charge in [-0.15, -0.1) is 0 Å². The molecule has 0 aliphatic heterocycles. The number of rotatable bonds is 1. The maximum Gasteiger partial charge on any atom is 0.178 e. The number of nitrogens with two attached hydrogens (primary N) is 1. The Hall–Kier alpha value is -1.12. The van der Waals surface area contributed by atoms with E-state index in [1.54, 1.807) is 0 Å². The number of fused-ring (bicyclic) bond motifs is 5. The molecule has 3 fully saturated rings.